The van der Waals surface area contributed by atoms with Crippen molar-refractivity contribution in [1.82, 2.24) is 29.9 Å². The summed E-state index contributed by atoms with van der Waals surface area (Å²) in [4.78, 5) is 36.9. The molecule has 0 saturated heterocycles. The summed E-state index contributed by atoms with van der Waals surface area (Å²) in [5.41, 5.74) is 2.40. The molecule has 3 N–H and O–H groups in total. The number of fused-ring (bicyclic) bond motifs is 4. The molecule has 172 valence electrons. The number of hydrogen-bond donors (Lipinski definition) is 3. The number of rotatable bonds is 5. The third kappa shape index (κ3) is 3.55. The zero-order valence-corrected chi connectivity index (χ0v) is 18.1. The van der Waals surface area contributed by atoms with E-state index in [4.69, 9.17) is 9.97 Å². The lowest BCUT2D eigenvalue weighted by molar-refractivity contribution is -0.148. The topological polar surface area (TPSA) is 130 Å². The van der Waals surface area contributed by atoms with E-state index in [2.05, 4.69) is 25.3 Å². The maximum Gasteiger partial charge on any atom is 0.308 e. The summed E-state index contributed by atoms with van der Waals surface area (Å²) < 4.78 is 13.9. The van der Waals surface area contributed by atoms with Crippen LogP contribution in [0.3, 0.4) is 0 Å². The van der Waals surface area contributed by atoms with Crippen LogP contribution in [0.1, 0.15) is 25.7 Å². The molecule has 0 aromatic carbocycles. The van der Waals surface area contributed by atoms with Gasteiger partial charge in [0.05, 0.1) is 17.8 Å². The van der Waals surface area contributed by atoms with Crippen LogP contribution < -0.4 is 5.32 Å². The second-order valence-corrected chi connectivity index (χ2v) is 9.05. The van der Waals surface area contributed by atoms with Gasteiger partial charge in [0.25, 0.3) is 0 Å². The molecule has 4 heterocycles. The Bertz CT molecular complexity index is 1370. The predicted octanol–water partition coefficient (Wildman–Crippen LogP) is 3.92. The predicted molar refractivity (Wildman–Crippen MR) is 122 cm³/mol. The summed E-state index contributed by atoms with van der Waals surface area (Å²) in [6.07, 6.45) is 11.5. The highest BCUT2D eigenvalue weighted by Crippen LogP contribution is 2.46. The SMILES string of the molecule is O=C(O)C1C2CCC(CC2)C1Nc1cc(-c2cncnc2)nc(-c2c[nH]c3ncc(F)cc23)n1. The molecule has 3 aliphatic carbocycles. The van der Waals surface area contributed by atoms with E-state index in [1.54, 1.807) is 24.7 Å². The van der Waals surface area contributed by atoms with Crippen molar-refractivity contribution in [3.8, 4) is 22.6 Å². The number of carboxylic acid groups (broad SMARTS) is 1. The van der Waals surface area contributed by atoms with E-state index < -0.39 is 17.7 Å². The first kappa shape index (κ1) is 20.6. The lowest BCUT2D eigenvalue weighted by Gasteiger charge is -2.47. The van der Waals surface area contributed by atoms with Crippen molar-refractivity contribution in [2.45, 2.75) is 31.7 Å². The lowest BCUT2D eigenvalue weighted by atomic mass is 9.61. The second kappa shape index (κ2) is 8.12. The van der Waals surface area contributed by atoms with Crippen LogP contribution in [0.15, 0.2) is 43.2 Å². The number of aliphatic carboxylic acids is 1. The number of nitrogens with zero attached hydrogens (tertiary/aromatic N) is 5. The van der Waals surface area contributed by atoms with Crippen LogP contribution in [-0.2, 0) is 4.79 Å². The maximum atomic E-state index is 13.9. The van der Waals surface area contributed by atoms with Crippen molar-refractivity contribution in [3.63, 3.8) is 0 Å². The molecule has 0 amide bonds. The summed E-state index contributed by atoms with van der Waals surface area (Å²) in [6.45, 7) is 0. The molecule has 9 nitrogen and oxygen atoms in total. The van der Waals surface area contributed by atoms with Gasteiger partial charge in [-0.25, -0.2) is 29.3 Å². The van der Waals surface area contributed by atoms with Gasteiger partial charge in [-0.3, -0.25) is 4.79 Å². The molecule has 34 heavy (non-hydrogen) atoms. The highest BCUT2D eigenvalue weighted by molar-refractivity contribution is 5.92. The number of anilines is 1. The Kier molecular flexibility index (Phi) is 4.93. The Morgan fingerprint density at radius 1 is 1.06 bits per heavy atom. The molecule has 0 spiro atoms. The van der Waals surface area contributed by atoms with E-state index in [1.807, 2.05) is 0 Å². The third-order valence-electron chi connectivity index (χ3n) is 7.14. The fourth-order valence-corrected chi connectivity index (χ4v) is 5.57. The van der Waals surface area contributed by atoms with Gasteiger partial charge < -0.3 is 15.4 Å². The van der Waals surface area contributed by atoms with Gasteiger partial charge in [0.1, 0.15) is 23.6 Å². The molecule has 3 saturated carbocycles. The smallest absolute Gasteiger partial charge is 0.308 e. The number of H-pyrrole nitrogens is 1. The molecule has 0 aliphatic heterocycles. The third-order valence-corrected chi connectivity index (χ3v) is 7.14. The van der Waals surface area contributed by atoms with Crippen LogP contribution in [0.2, 0.25) is 0 Å². The van der Waals surface area contributed by atoms with Crippen LogP contribution in [0.5, 0.6) is 0 Å². The number of halogens is 1. The molecule has 2 atom stereocenters. The molecule has 10 heteroatoms. The number of pyridine rings is 1. The summed E-state index contributed by atoms with van der Waals surface area (Å²) in [6, 6.07) is 2.97. The van der Waals surface area contributed by atoms with Crippen molar-refractivity contribution in [2.24, 2.45) is 17.8 Å². The number of hydrogen-bond acceptors (Lipinski definition) is 7. The Morgan fingerprint density at radius 3 is 2.59 bits per heavy atom. The van der Waals surface area contributed by atoms with Crippen molar-refractivity contribution in [1.29, 1.82) is 0 Å². The average molecular weight is 459 g/mol. The number of aromatic nitrogens is 6. The minimum absolute atomic E-state index is 0.172. The second-order valence-electron chi connectivity index (χ2n) is 9.05. The fourth-order valence-electron chi connectivity index (χ4n) is 5.57. The molecule has 3 aliphatic rings. The van der Waals surface area contributed by atoms with Gasteiger partial charge >= 0.3 is 5.97 Å². The fraction of sp³-hybridized carbons (Fsp3) is 0.333. The Labute approximate surface area is 193 Å². The van der Waals surface area contributed by atoms with E-state index >= 15 is 0 Å². The maximum absolute atomic E-state index is 13.9. The van der Waals surface area contributed by atoms with Gasteiger partial charge in [-0.2, -0.15) is 0 Å². The van der Waals surface area contributed by atoms with Crippen LogP contribution in [-0.4, -0.2) is 47.0 Å². The van der Waals surface area contributed by atoms with Gasteiger partial charge in [0.2, 0.25) is 0 Å². The Hall–Kier alpha value is -3.95. The Morgan fingerprint density at radius 2 is 1.82 bits per heavy atom. The lowest BCUT2D eigenvalue weighted by Crippen LogP contribution is -2.51. The van der Waals surface area contributed by atoms with Crippen molar-refractivity contribution in [3.05, 3.63) is 49.1 Å². The summed E-state index contributed by atoms with van der Waals surface area (Å²) in [7, 11) is 0. The summed E-state index contributed by atoms with van der Waals surface area (Å²) >= 11 is 0. The molecule has 4 aromatic rings. The molecule has 3 fully saturated rings. The molecule has 2 bridgehead atoms. The van der Waals surface area contributed by atoms with Crippen LogP contribution >= 0.6 is 0 Å². The van der Waals surface area contributed by atoms with E-state index in [0.29, 0.717) is 39.5 Å². The average Bonchev–Trinajstić information content (AvgIpc) is 3.28. The van der Waals surface area contributed by atoms with Crippen molar-refractivity contribution in [2.75, 3.05) is 5.32 Å². The first-order valence-electron chi connectivity index (χ1n) is 11.3. The van der Waals surface area contributed by atoms with E-state index in [-0.39, 0.29) is 17.9 Å². The van der Waals surface area contributed by atoms with E-state index in [9.17, 15) is 14.3 Å². The molecule has 4 aromatic heterocycles. The van der Waals surface area contributed by atoms with Gasteiger partial charge in [-0.05, 0) is 43.6 Å². The quantitative estimate of drug-likeness (QED) is 0.410. The van der Waals surface area contributed by atoms with Crippen molar-refractivity contribution >= 4 is 22.8 Å². The van der Waals surface area contributed by atoms with Crippen LogP contribution in [0.25, 0.3) is 33.7 Å². The standard InChI is InChI=1S/C24H22FN7O2/c25-15-5-16-17(10-29-22(16)28-9-15)23-30-18(14-7-26-11-27-8-14)6-19(32-23)31-21-13-3-1-12(2-4-13)20(21)24(33)34/h5-13,20-21H,1-4H2,(H,28,29)(H,33,34)(H,30,31,32). The highest BCUT2D eigenvalue weighted by Gasteiger charge is 2.47. The number of aromatic amines is 1. The monoisotopic (exact) mass is 459 g/mol. The first-order valence-corrected chi connectivity index (χ1v) is 11.3. The van der Waals surface area contributed by atoms with Gasteiger partial charge in [-0.15, -0.1) is 0 Å². The number of nitrogens with one attached hydrogen (secondary N) is 2. The molecular formula is C24H22FN7O2. The van der Waals surface area contributed by atoms with Crippen LogP contribution in [0.4, 0.5) is 10.2 Å². The highest BCUT2D eigenvalue weighted by atomic mass is 19.1. The van der Waals surface area contributed by atoms with Gasteiger partial charge in [0.15, 0.2) is 5.82 Å². The van der Waals surface area contributed by atoms with E-state index in [1.165, 1.54) is 12.4 Å². The van der Waals surface area contributed by atoms with Gasteiger partial charge in [0, 0.05) is 47.2 Å². The largest absolute Gasteiger partial charge is 0.481 e. The molecule has 0 radical (unpaired) electrons. The minimum Gasteiger partial charge on any atom is -0.481 e. The zero-order valence-electron chi connectivity index (χ0n) is 18.1. The molecular weight excluding hydrogens is 437 g/mol. The Balaban J connectivity index is 1.46. The molecule has 2 unspecified atom stereocenters. The minimum atomic E-state index is -0.768. The number of carbonyl (C=O) groups is 1. The summed E-state index contributed by atoms with van der Waals surface area (Å²) in [5, 5.41) is 14.0. The first-order chi connectivity index (χ1) is 16.6. The van der Waals surface area contributed by atoms with E-state index in [0.717, 1.165) is 31.9 Å². The van der Waals surface area contributed by atoms with Crippen LogP contribution in [0, 0.1) is 23.6 Å². The van der Waals surface area contributed by atoms with Gasteiger partial charge in [-0.1, -0.05) is 0 Å². The normalized spacial score (nSPS) is 23.8. The summed E-state index contributed by atoms with van der Waals surface area (Å²) in [5.74, 6) is -0.342. The number of carboxylic acids is 1. The molecule has 7 rings (SSSR count). The zero-order chi connectivity index (χ0) is 23.2. The van der Waals surface area contributed by atoms with Crippen molar-refractivity contribution < 1.29 is 14.3 Å².